The van der Waals surface area contributed by atoms with Crippen LogP contribution in [0.5, 0.6) is 0 Å². The molecule has 2 aromatic heterocycles. The van der Waals surface area contributed by atoms with Gasteiger partial charge in [-0.05, 0) is 31.0 Å². The molecule has 0 bridgehead atoms. The van der Waals surface area contributed by atoms with Crippen molar-refractivity contribution in [1.82, 2.24) is 19.7 Å². The third kappa shape index (κ3) is 3.92. The number of nitrogens with two attached hydrogens (primary N) is 1. The van der Waals surface area contributed by atoms with Crippen LogP contribution in [0.15, 0.2) is 30.5 Å². The fourth-order valence-corrected chi connectivity index (χ4v) is 2.57. The fourth-order valence-electron chi connectivity index (χ4n) is 2.36. The molecule has 2 N–H and O–H groups in total. The smallest absolute Gasteiger partial charge is 0.381 e. The minimum Gasteiger partial charge on any atom is -0.381 e. The van der Waals surface area contributed by atoms with Gasteiger partial charge in [0.25, 0.3) is 0 Å². The predicted octanol–water partition coefficient (Wildman–Crippen LogP) is 4.15. The normalized spacial score (nSPS) is 11.2. The zero-order valence-electron chi connectivity index (χ0n) is 14.3. The van der Waals surface area contributed by atoms with Crippen LogP contribution in [0.2, 0.25) is 5.02 Å². The van der Waals surface area contributed by atoms with E-state index >= 15 is 0 Å². The Labute approximate surface area is 162 Å². The zero-order chi connectivity index (χ0) is 20.5. The van der Waals surface area contributed by atoms with E-state index in [0.717, 1.165) is 10.7 Å². The number of aromatic nitrogens is 4. The number of anilines is 1. The third-order valence-corrected chi connectivity index (χ3v) is 4.02. The van der Waals surface area contributed by atoms with Crippen LogP contribution < -0.4 is 5.73 Å². The van der Waals surface area contributed by atoms with Crippen LogP contribution in [-0.2, 0) is 12.7 Å². The summed E-state index contributed by atoms with van der Waals surface area (Å²) in [6.07, 6.45) is -3.37. The van der Waals surface area contributed by atoms with Crippen LogP contribution >= 0.6 is 11.6 Å². The lowest BCUT2D eigenvalue weighted by molar-refractivity contribution is -0.141. The topological polar surface area (TPSA) is 69.6 Å². The number of halogens is 5. The summed E-state index contributed by atoms with van der Waals surface area (Å²) < 4.78 is 53.9. The Hall–Kier alpha value is -3.12. The minimum absolute atomic E-state index is 0.0192. The van der Waals surface area contributed by atoms with Crippen molar-refractivity contribution in [1.29, 1.82) is 0 Å². The highest BCUT2D eigenvalue weighted by molar-refractivity contribution is 6.31. The molecular weight excluding hydrogens is 398 g/mol. The summed E-state index contributed by atoms with van der Waals surface area (Å²) in [4.78, 5) is 8.09. The molecule has 0 aliphatic heterocycles. The van der Waals surface area contributed by atoms with E-state index in [9.17, 15) is 17.6 Å². The van der Waals surface area contributed by atoms with Gasteiger partial charge in [-0.15, -0.1) is 0 Å². The summed E-state index contributed by atoms with van der Waals surface area (Å²) in [5, 5.41) is 3.64. The van der Waals surface area contributed by atoms with Gasteiger partial charge in [0.2, 0.25) is 0 Å². The van der Waals surface area contributed by atoms with E-state index in [4.69, 9.17) is 17.3 Å². The van der Waals surface area contributed by atoms with Gasteiger partial charge in [-0.25, -0.2) is 14.4 Å². The number of hydrogen-bond donors (Lipinski definition) is 1. The van der Waals surface area contributed by atoms with E-state index in [1.54, 1.807) is 6.92 Å². The van der Waals surface area contributed by atoms with Crippen molar-refractivity contribution in [3.63, 3.8) is 0 Å². The van der Waals surface area contributed by atoms with Crippen molar-refractivity contribution in [3.05, 3.63) is 58.3 Å². The fraction of sp³-hybridized carbons (Fsp3) is 0.167. The first-order valence-corrected chi connectivity index (χ1v) is 8.32. The van der Waals surface area contributed by atoms with Gasteiger partial charge in [0.05, 0.1) is 22.5 Å². The van der Waals surface area contributed by atoms with E-state index in [1.165, 1.54) is 24.4 Å². The molecule has 0 unspecified atom stereocenters. The Kier molecular flexibility index (Phi) is 5.25. The molecule has 0 aliphatic rings. The van der Waals surface area contributed by atoms with Gasteiger partial charge in [-0.2, -0.15) is 18.3 Å². The number of alkyl halides is 3. The van der Waals surface area contributed by atoms with Crippen molar-refractivity contribution in [3.8, 4) is 23.2 Å². The van der Waals surface area contributed by atoms with Crippen molar-refractivity contribution in [2.75, 3.05) is 5.73 Å². The second-order valence-electron chi connectivity index (χ2n) is 5.56. The van der Waals surface area contributed by atoms with E-state index in [-0.39, 0.29) is 40.0 Å². The van der Waals surface area contributed by atoms with Crippen LogP contribution in [0.3, 0.4) is 0 Å². The Morgan fingerprint density at radius 3 is 2.64 bits per heavy atom. The number of nitrogen functional groups attached to an aromatic ring is 1. The lowest BCUT2D eigenvalue weighted by atomic mass is 10.2. The molecule has 144 valence electrons. The van der Waals surface area contributed by atoms with Gasteiger partial charge in [-0.3, -0.25) is 4.68 Å². The molecule has 5 nitrogen and oxygen atoms in total. The van der Waals surface area contributed by atoms with E-state index in [0.29, 0.717) is 0 Å². The van der Waals surface area contributed by atoms with Crippen LogP contribution in [-0.4, -0.2) is 19.7 Å². The molecule has 0 saturated heterocycles. The Morgan fingerprint density at radius 1 is 1.25 bits per heavy atom. The second-order valence-corrected chi connectivity index (χ2v) is 5.97. The van der Waals surface area contributed by atoms with E-state index in [1.807, 2.05) is 0 Å². The van der Waals surface area contributed by atoms with Crippen molar-refractivity contribution >= 4 is 17.4 Å². The van der Waals surface area contributed by atoms with Crippen LogP contribution in [0, 0.1) is 17.7 Å². The standard InChI is InChI=1S/C18H12ClF4N5/c1-2-28-15(8-16(27-28)18(21,22)23)14-9-25-17(24)13(26-14)7-6-10-11(19)4-3-5-12(10)20/h3-5,8-9H,2H2,1H3,(H2,24,25). The van der Waals surface area contributed by atoms with Gasteiger partial charge in [0.15, 0.2) is 17.2 Å². The molecule has 10 heteroatoms. The third-order valence-electron chi connectivity index (χ3n) is 3.70. The van der Waals surface area contributed by atoms with Crippen molar-refractivity contribution < 1.29 is 17.6 Å². The highest BCUT2D eigenvalue weighted by Crippen LogP contribution is 2.31. The Morgan fingerprint density at radius 2 is 2.00 bits per heavy atom. The average Bonchev–Trinajstić information content (AvgIpc) is 3.07. The first-order chi connectivity index (χ1) is 13.2. The summed E-state index contributed by atoms with van der Waals surface area (Å²) in [5.74, 6) is 4.43. The molecule has 0 radical (unpaired) electrons. The molecule has 3 rings (SSSR count). The average molecular weight is 410 g/mol. The SMILES string of the molecule is CCn1nc(C(F)(F)F)cc1-c1cnc(N)c(C#Cc2c(F)cccc2Cl)n1. The lowest BCUT2D eigenvalue weighted by Crippen LogP contribution is -2.07. The van der Waals surface area contributed by atoms with Gasteiger partial charge in [0, 0.05) is 6.54 Å². The molecule has 0 amide bonds. The predicted molar refractivity (Wildman–Crippen MR) is 95.7 cm³/mol. The molecule has 3 aromatic rings. The maximum absolute atomic E-state index is 13.8. The largest absolute Gasteiger partial charge is 0.435 e. The molecule has 0 saturated carbocycles. The van der Waals surface area contributed by atoms with Gasteiger partial charge in [0.1, 0.15) is 11.5 Å². The number of nitrogens with zero attached hydrogens (tertiary/aromatic N) is 4. The van der Waals surface area contributed by atoms with Crippen LogP contribution in [0.4, 0.5) is 23.4 Å². The summed E-state index contributed by atoms with van der Waals surface area (Å²) in [6.45, 7) is 1.82. The Balaban J connectivity index is 2.07. The number of hydrogen-bond acceptors (Lipinski definition) is 4. The first kappa shape index (κ1) is 19.6. The molecule has 2 heterocycles. The molecule has 0 spiro atoms. The number of aryl methyl sites for hydroxylation is 1. The monoisotopic (exact) mass is 409 g/mol. The van der Waals surface area contributed by atoms with E-state index < -0.39 is 17.7 Å². The van der Waals surface area contributed by atoms with Crippen molar-refractivity contribution in [2.24, 2.45) is 0 Å². The van der Waals surface area contributed by atoms with Gasteiger partial charge < -0.3 is 5.73 Å². The maximum Gasteiger partial charge on any atom is 0.435 e. The van der Waals surface area contributed by atoms with Crippen LogP contribution in [0.25, 0.3) is 11.4 Å². The number of benzene rings is 1. The second kappa shape index (κ2) is 7.48. The molecule has 1 aromatic carbocycles. The molecule has 28 heavy (non-hydrogen) atoms. The summed E-state index contributed by atoms with van der Waals surface area (Å²) >= 11 is 5.92. The van der Waals surface area contributed by atoms with Crippen molar-refractivity contribution in [2.45, 2.75) is 19.6 Å². The number of rotatable bonds is 2. The Bertz CT molecular complexity index is 1080. The minimum atomic E-state index is -4.60. The maximum atomic E-state index is 13.8. The molecule has 0 fully saturated rings. The molecule has 0 aliphatic carbocycles. The van der Waals surface area contributed by atoms with Gasteiger partial charge in [-0.1, -0.05) is 23.6 Å². The van der Waals surface area contributed by atoms with E-state index in [2.05, 4.69) is 26.9 Å². The summed E-state index contributed by atoms with van der Waals surface area (Å²) in [6, 6.07) is 4.97. The van der Waals surface area contributed by atoms with Crippen LogP contribution in [0.1, 0.15) is 23.9 Å². The first-order valence-electron chi connectivity index (χ1n) is 7.94. The lowest BCUT2D eigenvalue weighted by Gasteiger charge is -2.05. The molecular formula is C18H12ClF4N5. The zero-order valence-corrected chi connectivity index (χ0v) is 15.1. The quantitative estimate of drug-likeness (QED) is 0.510. The highest BCUT2D eigenvalue weighted by Gasteiger charge is 2.35. The summed E-state index contributed by atoms with van der Waals surface area (Å²) in [7, 11) is 0. The highest BCUT2D eigenvalue weighted by atomic mass is 35.5. The molecule has 0 atom stereocenters. The summed E-state index contributed by atoms with van der Waals surface area (Å²) in [5.41, 5.74) is 4.84. The van der Waals surface area contributed by atoms with Gasteiger partial charge >= 0.3 is 6.18 Å².